The first-order chi connectivity index (χ1) is 16.4. The zero-order valence-corrected chi connectivity index (χ0v) is 20.0. The summed E-state index contributed by atoms with van der Waals surface area (Å²) >= 11 is 1.57. The predicted octanol–water partition coefficient (Wildman–Crippen LogP) is 4.94. The summed E-state index contributed by atoms with van der Waals surface area (Å²) in [5, 5.41) is 1.96. The van der Waals surface area contributed by atoms with Crippen LogP contribution in [0.15, 0.2) is 60.0 Å². The molecule has 6 nitrogen and oxygen atoms in total. The molecule has 178 valence electrons. The molecular formula is C26H27FN2O4S. The molecule has 0 aliphatic carbocycles. The minimum absolute atomic E-state index is 0.0575. The summed E-state index contributed by atoms with van der Waals surface area (Å²) in [6, 6.07) is 15.1. The molecule has 0 unspecified atom stereocenters. The molecule has 0 atom stereocenters. The Bertz CT molecular complexity index is 1130. The highest BCUT2D eigenvalue weighted by molar-refractivity contribution is 7.09. The Balaban J connectivity index is 1.54. The number of fused-ring (bicyclic) bond motifs is 1. The highest BCUT2D eigenvalue weighted by atomic mass is 32.1. The third kappa shape index (κ3) is 5.94. The van der Waals surface area contributed by atoms with Crippen molar-refractivity contribution in [1.82, 2.24) is 9.80 Å². The lowest BCUT2D eigenvalue weighted by Gasteiger charge is -2.29. The first kappa shape index (κ1) is 23.8. The summed E-state index contributed by atoms with van der Waals surface area (Å²) < 4.78 is 24.1. The first-order valence-electron chi connectivity index (χ1n) is 11.1. The highest BCUT2D eigenvalue weighted by Gasteiger charge is 2.25. The van der Waals surface area contributed by atoms with E-state index >= 15 is 0 Å². The van der Waals surface area contributed by atoms with Crippen molar-refractivity contribution in [2.45, 2.75) is 26.9 Å². The molecule has 1 aliphatic rings. The van der Waals surface area contributed by atoms with Crippen molar-refractivity contribution in [2.24, 2.45) is 5.92 Å². The molecule has 4 rings (SSSR count). The molecule has 3 aromatic rings. The van der Waals surface area contributed by atoms with Crippen LogP contribution in [-0.2, 0) is 17.9 Å². The summed E-state index contributed by atoms with van der Waals surface area (Å²) in [5.74, 6) is 0.568. The van der Waals surface area contributed by atoms with E-state index in [2.05, 4.69) is 0 Å². The molecule has 0 fully saturated rings. The maximum absolute atomic E-state index is 13.5. The van der Waals surface area contributed by atoms with Crippen molar-refractivity contribution in [1.29, 1.82) is 0 Å². The molecule has 0 saturated carbocycles. The maximum Gasteiger partial charge on any atom is 0.254 e. The fourth-order valence-corrected chi connectivity index (χ4v) is 4.49. The number of halogens is 1. The number of carbonyl (C=O) groups is 2. The van der Waals surface area contributed by atoms with Gasteiger partial charge in [0.2, 0.25) is 12.7 Å². The standard InChI is InChI=1S/C26H27FN2O4S/c1-18(2)13-29(26(31)20-7-10-23-24(12-20)33-17-32-23)16-25(30)28(15-22-4-3-11-34-22)14-19-5-8-21(27)9-6-19/h3-12,18H,13-17H2,1-2H3. The zero-order valence-electron chi connectivity index (χ0n) is 19.2. The van der Waals surface area contributed by atoms with Crippen LogP contribution in [0.2, 0.25) is 0 Å². The minimum Gasteiger partial charge on any atom is -0.454 e. The van der Waals surface area contributed by atoms with Crippen LogP contribution in [0.25, 0.3) is 0 Å². The van der Waals surface area contributed by atoms with E-state index in [1.54, 1.807) is 51.5 Å². The number of ether oxygens (including phenoxy) is 2. The molecule has 2 aromatic carbocycles. The SMILES string of the molecule is CC(C)CN(CC(=O)N(Cc1ccc(F)cc1)Cc1cccs1)C(=O)c1ccc2c(c1)OCO2. The summed E-state index contributed by atoms with van der Waals surface area (Å²) in [5.41, 5.74) is 1.27. The Hall–Kier alpha value is -3.39. The lowest BCUT2D eigenvalue weighted by Crippen LogP contribution is -2.43. The summed E-state index contributed by atoms with van der Waals surface area (Å²) in [6.45, 7) is 5.26. The van der Waals surface area contributed by atoms with Gasteiger partial charge >= 0.3 is 0 Å². The van der Waals surface area contributed by atoms with Crippen LogP contribution in [0.3, 0.4) is 0 Å². The number of hydrogen-bond acceptors (Lipinski definition) is 5. The van der Waals surface area contributed by atoms with Crippen LogP contribution in [0.5, 0.6) is 11.5 Å². The van der Waals surface area contributed by atoms with E-state index in [9.17, 15) is 14.0 Å². The molecule has 0 radical (unpaired) electrons. The molecule has 0 bridgehead atoms. The van der Waals surface area contributed by atoms with Crippen LogP contribution in [0, 0.1) is 11.7 Å². The van der Waals surface area contributed by atoms with Crippen molar-refractivity contribution in [2.75, 3.05) is 19.9 Å². The molecule has 1 aliphatic heterocycles. The fraction of sp³-hybridized carbons (Fsp3) is 0.308. The van der Waals surface area contributed by atoms with Crippen molar-refractivity contribution >= 4 is 23.2 Å². The monoisotopic (exact) mass is 482 g/mol. The number of carbonyl (C=O) groups excluding carboxylic acids is 2. The maximum atomic E-state index is 13.5. The molecule has 0 saturated heterocycles. The van der Waals surface area contributed by atoms with Gasteiger partial charge in [-0.1, -0.05) is 32.0 Å². The number of rotatable bonds is 9. The smallest absolute Gasteiger partial charge is 0.254 e. The second-order valence-corrected chi connectivity index (χ2v) is 9.64. The van der Waals surface area contributed by atoms with Crippen LogP contribution in [0.1, 0.15) is 34.6 Å². The van der Waals surface area contributed by atoms with Gasteiger partial charge in [0.25, 0.3) is 5.91 Å². The number of nitrogens with zero attached hydrogens (tertiary/aromatic N) is 2. The van der Waals surface area contributed by atoms with E-state index in [1.165, 1.54) is 12.1 Å². The van der Waals surface area contributed by atoms with Gasteiger partial charge in [0.05, 0.1) is 6.54 Å². The van der Waals surface area contributed by atoms with Gasteiger partial charge in [0.15, 0.2) is 11.5 Å². The summed E-state index contributed by atoms with van der Waals surface area (Å²) in [7, 11) is 0. The summed E-state index contributed by atoms with van der Waals surface area (Å²) in [6.07, 6.45) is 0. The molecule has 34 heavy (non-hydrogen) atoms. The highest BCUT2D eigenvalue weighted by Crippen LogP contribution is 2.33. The van der Waals surface area contributed by atoms with Crippen molar-refractivity contribution in [3.05, 3.63) is 81.8 Å². The number of hydrogen-bond donors (Lipinski definition) is 0. The van der Waals surface area contributed by atoms with Crippen LogP contribution in [-0.4, -0.2) is 41.5 Å². The van der Waals surface area contributed by atoms with Gasteiger partial charge in [0, 0.05) is 23.5 Å². The third-order valence-corrected chi connectivity index (χ3v) is 6.25. The second-order valence-electron chi connectivity index (χ2n) is 8.60. The van der Waals surface area contributed by atoms with E-state index in [1.807, 2.05) is 31.4 Å². The minimum atomic E-state index is -0.322. The van der Waals surface area contributed by atoms with Gasteiger partial charge in [-0.2, -0.15) is 0 Å². The van der Waals surface area contributed by atoms with E-state index < -0.39 is 0 Å². The van der Waals surface area contributed by atoms with Gasteiger partial charge in [-0.05, 0) is 53.3 Å². The summed E-state index contributed by atoms with van der Waals surface area (Å²) in [4.78, 5) is 31.2. The average Bonchev–Trinajstić information content (AvgIpc) is 3.50. The fourth-order valence-electron chi connectivity index (χ4n) is 3.77. The van der Waals surface area contributed by atoms with Gasteiger partial charge in [-0.15, -0.1) is 11.3 Å². The molecule has 1 aromatic heterocycles. The van der Waals surface area contributed by atoms with Gasteiger partial charge in [-0.25, -0.2) is 4.39 Å². The Morgan fingerprint density at radius 3 is 2.47 bits per heavy atom. The van der Waals surface area contributed by atoms with Crippen LogP contribution in [0.4, 0.5) is 4.39 Å². The second kappa shape index (κ2) is 10.7. The molecular weight excluding hydrogens is 455 g/mol. The number of amides is 2. The molecule has 2 heterocycles. The normalized spacial score (nSPS) is 12.1. The number of benzene rings is 2. The quantitative estimate of drug-likeness (QED) is 0.433. The Labute approximate surface area is 202 Å². The van der Waals surface area contributed by atoms with Crippen LogP contribution < -0.4 is 9.47 Å². The molecule has 0 N–H and O–H groups in total. The van der Waals surface area contributed by atoms with E-state index in [0.29, 0.717) is 36.7 Å². The Morgan fingerprint density at radius 1 is 1.00 bits per heavy atom. The predicted molar refractivity (Wildman–Crippen MR) is 128 cm³/mol. The van der Waals surface area contributed by atoms with Gasteiger partial charge in [-0.3, -0.25) is 9.59 Å². The van der Waals surface area contributed by atoms with Crippen molar-refractivity contribution in [3.8, 4) is 11.5 Å². The van der Waals surface area contributed by atoms with E-state index in [4.69, 9.17) is 9.47 Å². The van der Waals surface area contributed by atoms with E-state index in [-0.39, 0.29) is 36.9 Å². The van der Waals surface area contributed by atoms with Gasteiger partial charge in [0.1, 0.15) is 12.4 Å². The topological polar surface area (TPSA) is 59.1 Å². The lowest BCUT2D eigenvalue weighted by atomic mass is 10.1. The molecule has 8 heteroatoms. The van der Waals surface area contributed by atoms with E-state index in [0.717, 1.165) is 10.4 Å². The van der Waals surface area contributed by atoms with Crippen molar-refractivity contribution in [3.63, 3.8) is 0 Å². The lowest BCUT2D eigenvalue weighted by molar-refractivity contribution is -0.133. The Kier molecular flexibility index (Phi) is 7.47. The first-order valence-corrected chi connectivity index (χ1v) is 12.0. The third-order valence-electron chi connectivity index (χ3n) is 5.38. The zero-order chi connectivity index (χ0) is 24.1. The van der Waals surface area contributed by atoms with Gasteiger partial charge < -0.3 is 19.3 Å². The average molecular weight is 483 g/mol. The molecule has 2 amide bonds. The molecule has 0 spiro atoms. The van der Waals surface area contributed by atoms with Crippen LogP contribution >= 0.6 is 11.3 Å². The van der Waals surface area contributed by atoms with Crippen molar-refractivity contribution < 1.29 is 23.5 Å². The number of thiophene rings is 1. The Morgan fingerprint density at radius 2 is 1.76 bits per heavy atom. The largest absolute Gasteiger partial charge is 0.454 e.